The maximum absolute atomic E-state index is 12.1. The van der Waals surface area contributed by atoms with Crippen molar-refractivity contribution in [2.24, 2.45) is 0 Å². The molecule has 0 heterocycles. The van der Waals surface area contributed by atoms with Crippen molar-refractivity contribution in [3.8, 4) is 11.5 Å². The molecule has 2 N–H and O–H groups in total. The fraction of sp³-hybridized carbons (Fsp3) is 0.235. The molecule has 2 aromatic carbocycles. The molecule has 2 rings (SSSR count). The van der Waals surface area contributed by atoms with Gasteiger partial charge in [0.05, 0.1) is 29.8 Å². The number of hydrogen-bond acceptors (Lipinski definition) is 5. The highest BCUT2D eigenvalue weighted by Crippen LogP contribution is 2.35. The number of anilines is 1. The number of ether oxygens (including phenoxy) is 2. The number of carbonyl (C=O) groups excluding carboxylic acids is 1. The van der Waals surface area contributed by atoms with Gasteiger partial charge in [0, 0.05) is 25.1 Å². The van der Waals surface area contributed by atoms with Crippen molar-refractivity contribution in [1.82, 2.24) is 4.72 Å². The van der Waals surface area contributed by atoms with Gasteiger partial charge in [0.2, 0.25) is 15.9 Å². The quantitative estimate of drug-likeness (QED) is 0.713. The summed E-state index contributed by atoms with van der Waals surface area (Å²) in [5.74, 6) is 0.366. The molecule has 0 aliphatic heterocycles. The maximum atomic E-state index is 12.1. The zero-order valence-electron chi connectivity index (χ0n) is 14.3. The Morgan fingerprint density at radius 2 is 1.73 bits per heavy atom. The number of halogens is 1. The van der Waals surface area contributed by atoms with Gasteiger partial charge in [-0.15, -0.1) is 0 Å². The lowest BCUT2D eigenvalue weighted by atomic mass is 10.2. The molecule has 0 spiro atoms. The summed E-state index contributed by atoms with van der Waals surface area (Å²) < 4.78 is 36.9. The van der Waals surface area contributed by atoms with Crippen LogP contribution in [0.2, 0.25) is 5.02 Å². The number of hydrogen-bond donors (Lipinski definition) is 2. The molecule has 26 heavy (non-hydrogen) atoms. The first-order valence-electron chi connectivity index (χ1n) is 7.63. The van der Waals surface area contributed by atoms with E-state index in [1.165, 1.54) is 38.5 Å². The highest BCUT2D eigenvalue weighted by molar-refractivity contribution is 7.89. The van der Waals surface area contributed by atoms with Crippen LogP contribution in [0.3, 0.4) is 0 Å². The Labute approximate surface area is 157 Å². The van der Waals surface area contributed by atoms with Gasteiger partial charge in [-0.2, -0.15) is 0 Å². The Morgan fingerprint density at radius 1 is 1.08 bits per heavy atom. The first-order valence-corrected chi connectivity index (χ1v) is 9.49. The van der Waals surface area contributed by atoms with Crippen LogP contribution >= 0.6 is 11.6 Å². The molecule has 0 fully saturated rings. The van der Waals surface area contributed by atoms with Gasteiger partial charge in [0.1, 0.15) is 11.5 Å². The zero-order valence-corrected chi connectivity index (χ0v) is 15.9. The lowest BCUT2D eigenvalue weighted by Gasteiger charge is -2.13. The van der Waals surface area contributed by atoms with Crippen LogP contribution in [-0.2, 0) is 14.8 Å². The van der Waals surface area contributed by atoms with Crippen molar-refractivity contribution >= 4 is 33.2 Å². The first kappa shape index (κ1) is 20.0. The predicted octanol–water partition coefficient (Wildman–Crippen LogP) is 2.66. The van der Waals surface area contributed by atoms with Gasteiger partial charge < -0.3 is 14.8 Å². The van der Waals surface area contributed by atoms with Crippen molar-refractivity contribution in [3.05, 3.63) is 47.5 Å². The van der Waals surface area contributed by atoms with Crippen molar-refractivity contribution in [1.29, 1.82) is 0 Å². The molecule has 0 radical (unpaired) electrons. The number of sulfonamides is 1. The lowest BCUT2D eigenvalue weighted by Crippen LogP contribution is -2.27. The molecule has 0 atom stereocenters. The van der Waals surface area contributed by atoms with Crippen LogP contribution < -0.4 is 19.5 Å². The minimum atomic E-state index is -3.65. The zero-order chi connectivity index (χ0) is 19.2. The second-order valence-corrected chi connectivity index (χ2v) is 7.37. The summed E-state index contributed by atoms with van der Waals surface area (Å²) in [5.41, 5.74) is 0.379. The molecule has 9 heteroatoms. The van der Waals surface area contributed by atoms with E-state index < -0.39 is 10.0 Å². The number of rotatable bonds is 8. The molecule has 0 aliphatic rings. The van der Waals surface area contributed by atoms with Crippen LogP contribution in [0.25, 0.3) is 0 Å². The van der Waals surface area contributed by atoms with Gasteiger partial charge in [-0.05, 0) is 12.1 Å². The van der Waals surface area contributed by atoms with E-state index in [1.807, 2.05) is 0 Å². The second kappa shape index (κ2) is 8.88. The van der Waals surface area contributed by atoms with Crippen molar-refractivity contribution in [2.45, 2.75) is 11.3 Å². The third-order valence-corrected chi connectivity index (χ3v) is 5.22. The van der Waals surface area contributed by atoms with Gasteiger partial charge in [-0.25, -0.2) is 13.1 Å². The highest BCUT2D eigenvalue weighted by atomic mass is 35.5. The first-order chi connectivity index (χ1) is 12.4. The van der Waals surface area contributed by atoms with Gasteiger partial charge in [0.15, 0.2) is 0 Å². The smallest absolute Gasteiger partial charge is 0.240 e. The van der Waals surface area contributed by atoms with Crippen LogP contribution in [0.1, 0.15) is 6.42 Å². The molecule has 0 aromatic heterocycles. The van der Waals surface area contributed by atoms with E-state index in [-0.39, 0.29) is 23.8 Å². The van der Waals surface area contributed by atoms with E-state index in [0.29, 0.717) is 22.2 Å². The van der Waals surface area contributed by atoms with Gasteiger partial charge in [-0.3, -0.25) is 4.79 Å². The molecule has 0 bridgehead atoms. The second-order valence-electron chi connectivity index (χ2n) is 5.20. The maximum Gasteiger partial charge on any atom is 0.240 e. The number of nitrogens with one attached hydrogen (secondary N) is 2. The van der Waals surface area contributed by atoms with Crippen LogP contribution in [0.15, 0.2) is 47.4 Å². The predicted molar refractivity (Wildman–Crippen MR) is 99.4 cm³/mol. The van der Waals surface area contributed by atoms with Crippen molar-refractivity contribution in [2.75, 3.05) is 26.1 Å². The molecule has 0 aliphatic carbocycles. The molecule has 0 saturated carbocycles. The highest BCUT2D eigenvalue weighted by Gasteiger charge is 2.15. The van der Waals surface area contributed by atoms with Crippen LogP contribution in [0.4, 0.5) is 5.69 Å². The van der Waals surface area contributed by atoms with E-state index in [9.17, 15) is 13.2 Å². The number of carbonyl (C=O) groups is 1. The van der Waals surface area contributed by atoms with Crippen molar-refractivity contribution in [3.63, 3.8) is 0 Å². The molecule has 140 valence electrons. The topological polar surface area (TPSA) is 93.7 Å². The Morgan fingerprint density at radius 3 is 2.35 bits per heavy atom. The van der Waals surface area contributed by atoms with Gasteiger partial charge in [-0.1, -0.05) is 29.8 Å². The summed E-state index contributed by atoms with van der Waals surface area (Å²) in [6.07, 6.45) is -0.0554. The minimum absolute atomic E-state index is 0.0455. The number of methoxy groups -OCH3 is 2. The summed E-state index contributed by atoms with van der Waals surface area (Å²) in [4.78, 5) is 12.3. The fourth-order valence-corrected chi connectivity index (χ4v) is 3.44. The molecule has 0 unspecified atom stereocenters. The Kier molecular flexibility index (Phi) is 6.84. The normalized spacial score (nSPS) is 11.0. The Hall–Kier alpha value is -2.29. The Balaban J connectivity index is 1.97. The summed E-state index contributed by atoms with van der Waals surface area (Å²) >= 11 is 6.01. The minimum Gasteiger partial charge on any atom is -0.495 e. The van der Waals surface area contributed by atoms with E-state index in [1.54, 1.807) is 18.2 Å². The average Bonchev–Trinajstić information content (AvgIpc) is 2.63. The standard InChI is InChI=1S/C17H19ClN2O5S/c1-24-15-11-14(16(25-2)10-13(15)18)20-17(21)8-9-19-26(22,23)12-6-4-3-5-7-12/h3-7,10-11,19H,8-9H2,1-2H3,(H,20,21). The van der Waals surface area contributed by atoms with Crippen molar-refractivity contribution < 1.29 is 22.7 Å². The summed E-state index contributed by atoms with van der Waals surface area (Å²) in [7, 11) is -0.748. The van der Waals surface area contributed by atoms with E-state index in [2.05, 4.69) is 10.0 Å². The van der Waals surface area contributed by atoms with Crippen LogP contribution in [-0.4, -0.2) is 35.1 Å². The average molecular weight is 399 g/mol. The molecule has 0 saturated heterocycles. The summed E-state index contributed by atoms with van der Waals surface area (Å²) in [6.45, 7) is -0.0455. The molecule has 1 amide bonds. The number of amides is 1. The molecule has 2 aromatic rings. The van der Waals surface area contributed by atoms with Gasteiger partial charge >= 0.3 is 0 Å². The molecular formula is C17H19ClN2O5S. The summed E-state index contributed by atoms with van der Waals surface area (Å²) in [5, 5.41) is 3.00. The monoisotopic (exact) mass is 398 g/mol. The SMILES string of the molecule is COc1cc(NC(=O)CCNS(=O)(=O)c2ccccc2)c(OC)cc1Cl. The third-order valence-electron chi connectivity index (χ3n) is 3.45. The van der Waals surface area contributed by atoms with E-state index >= 15 is 0 Å². The number of benzene rings is 2. The van der Waals surface area contributed by atoms with Crippen LogP contribution in [0, 0.1) is 0 Å². The lowest BCUT2D eigenvalue weighted by molar-refractivity contribution is -0.116. The largest absolute Gasteiger partial charge is 0.495 e. The fourth-order valence-electron chi connectivity index (χ4n) is 2.15. The van der Waals surface area contributed by atoms with Crippen LogP contribution in [0.5, 0.6) is 11.5 Å². The summed E-state index contributed by atoms with van der Waals surface area (Å²) in [6, 6.07) is 11.0. The van der Waals surface area contributed by atoms with E-state index in [0.717, 1.165) is 0 Å². The van der Waals surface area contributed by atoms with Gasteiger partial charge in [0.25, 0.3) is 0 Å². The Bertz CT molecular complexity index is 872. The molecule has 7 nitrogen and oxygen atoms in total. The van der Waals surface area contributed by atoms with E-state index in [4.69, 9.17) is 21.1 Å². The third kappa shape index (κ3) is 5.10. The molecular weight excluding hydrogens is 380 g/mol.